The molecule has 1 unspecified atom stereocenters. The van der Waals surface area contributed by atoms with Gasteiger partial charge in [-0.15, -0.1) is 0 Å². The predicted molar refractivity (Wildman–Crippen MR) is 62.9 cm³/mol. The number of halogens is 1. The summed E-state index contributed by atoms with van der Waals surface area (Å²) in [5, 5.41) is 0.580. The zero-order valence-electron chi connectivity index (χ0n) is 9.62. The SMILES string of the molecule is CCOC(=O)C(C)Oc1cc(Cl)ccc1C. The van der Waals surface area contributed by atoms with Gasteiger partial charge in [-0.2, -0.15) is 0 Å². The van der Waals surface area contributed by atoms with E-state index in [9.17, 15) is 4.79 Å². The van der Waals surface area contributed by atoms with Gasteiger partial charge in [0.05, 0.1) is 6.61 Å². The molecule has 4 heteroatoms. The summed E-state index contributed by atoms with van der Waals surface area (Å²) in [6.45, 7) is 5.65. The van der Waals surface area contributed by atoms with Crippen molar-refractivity contribution >= 4 is 17.6 Å². The van der Waals surface area contributed by atoms with Gasteiger partial charge in [0, 0.05) is 5.02 Å². The summed E-state index contributed by atoms with van der Waals surface area (Å²) in [4.78, 5) is 11.4. The molecule has 0 spiro atoms. The number of hydrogen-bond donors (Lipinski definition) is 0. The fraction of sp³-hybridized carbons (Fsp3) is 0.417. The average Bonchev–Trinajstić information content (AvgIpc) is 2.23. The smallest absolute Gasteiger partial charge is 0.347 e. The summed E-state index contributed by atoms with van der Waals surface area (Å²) in [6.07, 6.45) is -0.628. The largest absolute Gasteiger partial charge is 0.479 e. The van der Waals surface area contributed by atoms with Gasteiger partial charge in [0.2, 0.25) is 0 Å². The van der Waals surface area contributed by atoms with Gasteiger partial charge in [-0.3, -0.25) is 0 Å². The van der Waals surface area contributed by atoms with E-state index in [-0.39, 0.29) is 5.97 Å². The third-order valence-electron chi connectivity index (χ3n) is 2.07. The number of esters is 1. The third kappa shape index (κ3) is 3.42. The first-order valence-corrected chi connectivity index (χ1v) is 5.51. The van der Waals surface area contributed by atoms with Crippen molar-refractivity contribution in [2.75, 3.05) is 6.61 Å². The number of carbonyl (C=O) groups is 1. The second-order valence-electron chi connectivity index (χ2n) is 3.42. The van der Waals surface area contributed by atoms with E-state index >= 15 is 0 Å². The van der Waals surface area contributed by atoms with Gasteiger partial charge in [-0.05, 0) is 38.5 Å². The zero-order chi connectivity index (χ0) is 12.1. The molecule has 1 aromatic rings. The molecule has 0 aliphatic rings. The molecule has 0 aliphatic carbocycles. The number of carbonyl (C=O) groups excluding carboxylic acids is 1. The first-order valence-electron chi connectivity index (χ1n) is 5.14. The van der Waals surface area contributed by atoms with E-state index in [4.69, 9.17) is 21.1 Å². The highest BCUT2D eigenvalue weighted by Crippen LogP contribution is 2.23. The van der Waals surface area contributed by atoms with E-state index in [0.717, 1.165) is 5.56 Å². The van der Waals surface area contributed by atoms with Gasteiger partial charge in [0.15, 0.2) is 6.10 Å². The predicted octanol–water partition coefficient (Wildman–Crippen LogP) is 2.98. The van der Waals surface area contributed by atoms with Crippen molar-refractivity contribution in [3.63, 3.8) is 0 Å². The molecule has 0 saturated heterocycles. The summed E-state index contributed by atoms with van der Waals surface area (Å²) >= 11 is 5.84. The highest BCUT2D eigenvalue weighted by atomic mass is 35.5. The van der Waals surface area contributed by atoms with Crippen LogP contribution in [0.3, 0.4) is 0 Å². The van der Waals surface area contributed by atoms with Crippen LogP contribution in [0.4, 0.5) is 0 Å². The number of benzene rings is 1. The molecule has 0 heterocycles. The lowest BCUT2D eigenvalue weighted by atomic mass is 10.2. The fourth-order valence-electron chi connectivity index (χ4n) is 1.20. The van der Waals surface area contributed by atoms with Crippen LogP contribution >= 0.6 is 11.6 Å². The molecule has 0 fully saturated rings. The number of aryl methyl sites for hydroxylation is 1. The molecule has 0 amide bonds. The summed E-state index contributed by atoms with van der Waals surface area (Å²) in [5.41, 5.74) is 0.931. The lowest BCUT2D eigenvalue weighted by molar-refractivity contribution is -0.150. The Balaban J connectivity index is 2.72. The first-order chi connectivity index (χ1) is 7.54. The monoisotopic (exact) mass is 242 g/mol. The lowest BCUT2D eigenvalue weighted by Crippen LogP contribution is -2.26. The quantitative estimate of drug-likeness (QED) is 0.762. The van der Waals surface area contributed by atoms with Crippen LogP contribution in [0.1, 0.15) is 19.4 Å². The molecular formula is C12H15ClO3. The molecule has 0 N–H and O–H groups in total. The van der Waals surface area contributed by atoms with Crippen molar-refractivity contribution in [2.45, 2.75) is 26.9 Å². The molecule has 16 heavy (non-hydrogen) atoms. The minimum atomic E-state index is -0.628. The maximum atomic E-state index is 11.4. The van der Waals surface area contributed by atoms with Crippen molar-refractivity contribution in [1.82, 2.24) is 0 Å². The van der Waals surface area contributed by atoms with Crippen LogP contribution < -0.4 is 4.74 Å². The molecule has 0 aromatic heterocycles. The van der Waals surface area contributed by atoms with E-state index in [1.54, 1.807) is 26.0 Å². The topological polar surface area (TPSA) is 35.5 Å². The minimum absolute atomic E-state index is 0.348. The van der Waals surface area contributed by atoms with Crippen LogP contribution in [0.15, 0.2) is 18.2 Å². The molecule has 0 aliphatic heterocycles. The van der Waals surface area contributed by atoms with Crippen molar-refractivity contribution < 1.29 is 14.3 Å². The zero-order valence-corrected chi connectivity index (χ0v) is 10.4. The highest BCUT2D eigenvalue weighted by Gasteiger charge is 2.16. The summed E-state index contributed by atoms with van der Waals surface area (Å²) in [5.74, 6) is 0.231. The van der Waals surface area contributed by atoms with Crippen LogP contribution in [0, 0.1) is 6.92 Å². The van der Waals surface area contributed by atoms with E-state index in [1.165, 1.54) is 0 Å². The van der Waals surface area contributed by atoms with E-state index in [0.29, 0.717) is 17.4 Å². The maximum absolute atomic E-state index is 11.4. The van der Waals surface area contributed by atoms with E-state index in [1.807, 2.05) is 13.0 Å². The Morgan fingerprint density at radius 1 is 1.50 bits per heavy atom. The average molecular weight is 243 g/mol. The highest BCUT2D eigenvalue weighted by molar-refractivity contribution is 6.30. The Kier molecular flexibility index (Phi) is 4.62. The normalized spacial score (nSPS) is 12.0. The molecule has 0 bridgehead atoms. The van der Waals surface area contributed by atoms with Crippen LogP contribution in [-0.2, 0) is 9.53 Å². The first kappa shape index (κ1) is 12.8. The molecule has 3 nitrogen and oxygen atoms in total. The Hall–Kier alpha value is -1.22. The number of hydrogen-bond acceptors (Lipinski definition) is 3. The Morgan fingerprint density at radius 3 is 2.81 bits per heavy atom. The molecule has 1 aromatic carbocycles. The van der Waals surface area contributed by atoms with E-state index < -0.39 is 6.10 Å². The number of rotatable bonds is 4. The third-order valence-corrected chi connectivity index (χ3v) is 2.31. The van der Waals surface area contributed by atoms with Gasteiger partial charge in [0.25, 0.3) is 0 Å². The number of ether oxygens (including phenoxy) is 2. The van der Waals surface area contributed by atoms with Crippen molar-refractivity contribution in [3.05, 3.63) is 28.8 Å². The van der Waals surface area contributed by atoms with Gasteiger partial charge >= 0.3 is 5.97 Å². The van der Waals surface area contributed by atoms with Crippen LogP contribution in [-0.4, -0.2) is 18.7 Å². The van der Waals surface area contributed by atoms with Crippen molar-refractivity contribution in [1.29, 1.82) is 0 Å². The Bertz CT molecular complexity index is 377. The molecule has 0 radical (unpaired) electrons. The van der Waals surface area contributed by atoms with Gasteiger partial charge in [-0.25, -0.2) is 4.79 Å². The van der Waals surface area contributed by atoms with Gasteiger partial charge < -0.3 is 9.47 Å². The minimum Gasteiger partial charge on any atom is -0.479 e. The van der Waals surface area contributed by atoms with Crippen LogP contribution in [0.2, 0.25) is 5.02 Å². The Labute approximate surface area is 100 Å². The molecule has 1 rings (SSSR count). The standard InChI is InChI=1S/C12H15ClO3/c1-4-15-12(14)9(3)16-11-7-10(13)6-5-8(11)2/h5-7,9H,4H2,1-3H3. The van der Waals surface area contributed by atoms with E-state index in [2.05, 4.69) is 0 Å². The lowest BCUT2D eigenvalue weighted by Gasteiger charge is -2.15. The summed E-state index contributed by atoms with van der Waals surface area (Å²) in [7, 11) is 0. The second kappa shape index (κ2) is 5.75. The van der Waals surface area contributed by atoms with Crippen LogP contribution in [0.25, 0.3) is 0 Å². The Morgan fingerprint density at radius 2 is 2.19 bits per heavy atom. The van der Waals surface area contributed by atoms with Gasteiger partial charge in [-0.1, -0.05) is 17.7 Å². The molecular weight excluding hydrogens is 228 g/mol. The molecule has 88 valence electrons. The molecule has 0 saturated carbocycles. The summed E-state index contributed by atoms with van der Waals surface area (Å²) < 4.78 is 10.3. The van der Waals surface area contributed by atoms with Crippen LogP contribution in [0.5, 0.6) is 5.75 Å². The maximum Gasteiger partial charge on any atom is 0.347 e. The van der Waals surface area contributed by atoms with Crippen molar-refractivity contribution in [2.24, 2.45) is 0 Å². The summed E-state index contributed by atoms with van der Waals surface area (Å²) in [6, 6.07) is 5.31. The fourth-order valence-corrected chi connectivity index (χ4v) is 1.36. The van der Waals surface area contributed by atoms with Crippen molar-refractivity contribution in [3.8, 4) is 5.75 Å². The molecule has 1 atom stereocenters. The van der Waals surface area contributed by atoms with Gasteiger partial charge in [0.1, 0.15) is 5.75 Å². The second-order valence-corrected chi connectivity index (χ2v) is 3.86.